The van der Waals surface area contributed by atoms with Crippen molar-refractivity contribution in [2.24, 2.45) is 0 Å². The molecule has 0 aromatic heterocycles. The van der Waals surface area contributed by atoms with Crippen LogP contribution in [-0.4, -0.2) is 47.4 Å². The van der Waals surface area contributed by atoms with Gasteiger partial charge in [-0.1, -0.05) is 339 Å². The second-order valence-corrected chi connectivity index (χ2v) is 24.9. The smallest absolute Gasteiger partial charge is 0.305 e. The Balaban J connectivity index is 3.34. The SMILES string of the molecule is CCCCC/C=C\C/C=C\CCCCCCCCCC(=O)OCCCCCCCCCCCCCCCC/C=C\CCCCCCCCCCCCCCCCCCCC(=O)NC(CO)C(O)/C=C/CCCCCCCCCCCC. The fourth-order valence-electron chi connectivity index (χ4n) is 11.3. The first-order valence-electron chi connectivity index (χ1n) is 36.4. The summed E-state index contributed by atoms with van der Waals surface area (Å²) in [6.07, 6.45) is 92.1. The summed E-state index contributed by atoms with van der Waals surface area (Å²) in [5.74, 6) is -0.0516. The van der Waals surface area contributed by atoms with Crippen LogP contribution < -0.4 is 5.32 Å². The lowest BCUT2D eigenvalue weighted by molar-refractivity contribution is -0.143. The third-order valence-electron chi connectivity index (χ3n) is 16.8. The minimum absolute atomic E-state index is 0.0123. The maximum Gasteiger partial charge on any atom is 0.305 e. The van der Waals surface area contributed by atoms with Gasteiger partial charge in [0.05, 0.1) is 25.4 Å². The number of aliphatic hydroxyl groups is 2. The molecular formula is C75H141NO5. The second kappa shape index (κ2) is 70.3. The molecule has 81 heavy (non-hydrogen) atoms. The van der Waals surface area contributed by atoms with Gasteiger partial charge in [-0.25, -0.2) is 0 Å². The van der Waals surface area contributed by atoms with Crippen molar-refractivity contribution in [1.29, 1.82) is 0 Å². The summed E-state index contributed by atoms with van der Waals surface area (Å²) in [6.45, 7) is 4.89. The number of hydrogen-bond acceptors (Lipinski definition) is 5. The molecule has 6 nitrogen and oxygen atoms in total. The molecule has 0 aliphatic carbocycles. The second-order valence-electron chi connectivity index (χ2n) is 24.9. The Morgan fingerprint density at radius 1 is 0.346 bits per heavy atom. The molecule has 0 radical (unpaired) electrons. The zero-order valence-corrected chi connectivity index (χ0v) is 54.5. The monoisotopic (exact) mass is 1140 g/mol. The fraction of sp³-hybridized carbons (Fsp3) is 0.867. The van der Waals surface area contributed by atoms with Gasteiger partial charge in [-0.15, -0.1) is 0 Å². The zero-order valence-electron chi connectivity index (χ0n) is 54.5. The average molecular weight is 1140 g/mol. The highest BCUT2D eigenvalue weighted by molar-refractivity contribution is 5.76. The molecule has 0 spiro atoms. The molecule has 2 unspecified atom stereocenters. The summed E-state index contributed by atoms with van der Waals surface area (Å²) in [5, 5.41) is 23.1. The minimum Gasteiger partial charge on any atom is -0.466 e. The van der Waals surface area contributed by atoms with E-state index in [-0.39, 0.29) is 18.5 Å². The number of carbonyl (C=O) groups excluding carboxylic acids is 2. The first-order chi connectivity index (χ1) is 40.0. The number of allylic oxidation sites excluding steroid dienone is 7. The molecule has 3 N–H and O–H groups in total. The van der Waals surface area contributed by atoms with E-state index in [1.807, 2.05) is 6.08 Å². The van der Waals surface area contributed by atoms with E-state index in [9.17, 15) is 19.8 Å². The lowest BCUT2D eigenvalue weighted by Gasteiger charge is -2.20. The molecule has 0 saturated heterocycles. The number of rotatable bonds is 68. The first kappa shape index (κ1) is 78.8. The Bertz CT molecular complexity index is 1360. The molecule has 0 heterocycles. The van der Waals surface area contributed by atoms with Crippen molar-refractivity contribution in [2.45, 2.75) is 405 Å². The predicted molar refractivity (Wildman–Crippen MR) is 356 cm³/mol. The Labute approximate surface area is 506 Å². The van der Waals surface area contributed by atoms with Crippen molar-refractivity contribution in [1.82, 2.24) is 5.32 Å². The Morgan fingerprint density at radius 3 is 0.975 bits per heavy atom. The number of hydrogen-bond donors (Lipinski definition) is 3. The van der Waals surface area contributed by atoms with Crippen LogP contribution in [0.15, 0.2) is 48.6 Å². The molecule has 0 aromatic carbocycles. The normalized spacial score (nSPS) is 12.8. The van der Waals surface area contributed by atoms with Crippen LogP contribution in [0.2, 0.25) is 0 Å². The Morgan fingerprint density at radius 2 is 0.617 bits per heavy atom. The van der Waals surface area contributed by atoms with Crippen LogP contribution in [0.1, 0.15) is 393 Å². The van der Waals surface area contributed by atoms with Crippen LogP contribution in [0, 0.1) is 0 Å². The van der Waals surface area contributed by atoms with E-state index in [0.29, 0.717) is 19.4 Å². The van der Waals surface area contributed by atoms with E-state index in [0.717, 1.165) is 51.4 Å². The number of esters is 1. The third kappa shape index (κ3) is 66.8. The number of unbranched alkanes of at least 4 members (excludes halogenated alkanes) is 51. The highest BCUT2D eigenvalue weighted by atomic mass is 16.5. The maximum atomic E-state index is 12.5. The fourth-order valence-corrected chi connectivity index (χ4v) is 11.3. The zero-order chi connectivity index (χ0) is 58.5. The van der Waals surface area contributed by atoms with Gasteiger partial charge < -0.3 is 20.3 Å². The van der Waals surface area contributed by atoms with Gasteiger partial charge in [0.25, 0.3) is 0 Å². The summed E-state index contributed by atoms with van der Waals surface area (Å²) in [4.78, 5) is 24.6. The van der Waals surface area contributed by atoms with Gasteiger partial charge in [0, 0.05) is 12.8 Å². The summed E-state index contributed by atoms with van der Waals surface area (Å²) in [5.41, 5.74) is 0. The quantitative estimate of drug-likeness (QED) is 0.0320. The number of nitrogens with one attached hydrogen (secondary N) is 1. The van der Waals surface area contributed by atoms with Gasteiger partial charge in [0.15, 0.2) is 0 Å². The predicted octanol–water partition coefficient (Wildman–Crippen LogP) is 23.6. The Hall–Kier alpha value is -2.18. The topological polar surface area (TPSA) is 95.9 Å². The van der Waals surface area contributed by atoms with Crippen molar-refractivity contribution in [3.8, 4) is 0 Å². The lowest BCUT2D eigenvalue weighted by atomic mass is 10.0. The van der Waals surface area contributed by atoms with E-state index in [2.05, 4.69) is 55.6 Å². The van der Waals surface area contributed by atoms with Crippen molar-refractivity contribution in [3.63, 3.8) is 0 Å². The van der Waals surface area contributed by atoms with Gasteiger partial charge >= 0.3 is 5.97 Å². The van der Waals surface area contributed by atoms with E-state index in [4.69, 9.17) is 4.74 Å². The number of ether oxygens (including phenoxy) is 1. The standard InChI is InChI=1S/C75H141NO5/c1-3-5-7-9-11-13-15-17-18-38-42-45-49-53-57-61-65-69-75(80)81-70-66-62-58-54-50-46-43-40-37-35-33-31-29-27-25-23-21-19-20-22-24-26-28-30-32-34-36-39-41-44-48-52-56-60-64-68-74(79)76-72(71-77)73(78)67-63-59-55-51-47-16-14-12-10-8-6-4-2/h11,13,17-18,21,23,63,67,72-73,77-78H,3-10,12,14-16,19-20,22,24-62,64-66,68-71H2,1-2H3,(H,76,79)/b13-11-,18-17-,23-21-,67-63+. The highest BCUT2D eigenvalue weighted by Gasteiger charge is 2.18. The molecule has 0 aromatic rings. The summed E-state index contributed by atoms with van der Waals surface area (Å²) in [6, 6.07) is -0.624. The molecule has 2 atom stereocenters. The maximum absolute atomic E-state index is 12.5. The average Bonchev–Trinajstić information content (AvgIpc) is 3.47. The van der Waals surface area contributed by atoms with Gasteiger partial charge in [0.2, 0.25) is 5.91 Å². The molecule has 0 bridgehead atoms. The van der Waals surface area contributed by atoms with Gasteiger partial charge in [0.1, 0.15) is 0 Å². The molecule has 0 aliphatic heterocycles. The minimum atomic E-state index is -0.841. The van der Waals surface area contributed by atoms with Crippen molar-refractivity contribution < 1.29 is 24.5 Å². The Kier molecular flexibility index (Phi) is 68.4. The van der Waals surface area contributed by atoms with Crippen LogP contribution >= 0.6 is 0 Å². The number of aliphatic hydroxyl groups excluding tert-OH is 2. The van der Waals surface area contributed by atoms with Gasteiger partial charge in [-0.2, -0.15) is 0 Å². The van der Waals surface area contributed by atoms with E-state index >= 15 is 0 Å². The van der Waals surface area contributed by atoms with Crippen molar-refractivity contribution >= 4 is 11.9 Å². The summed E-state index contributed by atoms with van der Waals surface area (Å²) < 4.78 is 5.50. The lowest BCUT2D eigenvalue weighted by Crippen LogP contribution is -2.45. The van der Waals surface area contributed by atoms with Crippen LogP contribution in [0.4, 0.5) is 0 Å². The highest BCUT2D eigenvalue weighted by Crippen LogP contribution is 2.18. The van der Waals surface area contributed by atoms with Crippen LogP contribution in [0.3, 0.4) is 0 Å². The first-order valence-corrected chi connectivity index (χ1v) is 36.4. The van der Waals surface area contributed by atoms with Crippen LogP contribution in [0.25, 0.3) is 0 Å². The molecule has 0 aliphatic rings. The van der Waals surface area contributed by atoms with Crippen LogP contribution in [-0.2, 0) is 14.3 Å². The number of amides is 1. The molecule has 1 amide bonds. The van der Waals surface area contributed by atoms with Gasteiger partial charge in [-0.3, -0.25) is 9.59 Å². The van der Waals surface area contributed by atoms with E-state index < -0.39 is 12.1 Å². The molecule has 6 heteroatoms. The largest absolute Gasteiger partial charge is 0.466 e. The van der Waals surface area contributed by atoms with E-state index in [1.165, 1.54) is 315 Å². The molecule has 0 saturated carbocycles. The van der Waals surface area contributed by atoms with E-state index in [1.54, 1.807) is 6.08 Å². The summed E-state index contributed by atoms with van der Waals surface area (Å²) >= 11 is 0. The summed E-state index contributed by atoms with van der Waals surface area (Å²) in [7, 11) is 0. The molecule has 476 valence electrons. The van der Waals surface area contributed by atoms with Crippen molar-refractivity contribution in [3.05, 3.63) is 48.6 Å². The molecular weight excluding hydrogens is 995 g/mol. The molecule has 0 fully saturated rings. The van der Waals surface area contributed by atoms with Crippen LogP contribution in [0.5, 0.6) is 0 Å². The number of carbonyl (C=O) groups is 2. The molecule has 0 rings (SSSR count). The van der Waals surface area contributed by atoms with Crippen molar-refractivity contribution in [2.75, 3.05) is 13.2 Å². The third-order valence-corrected chi connectivity index (χ3v) is 16.8. The van der Waals surface area contributed by atoms with Gasteiger partial charge in [-0.05, 0) is 89.9 Å².